The number of methoxy groups -OCH3 is 1. The Morgan fingerprint density at radius 2 is 1.64 bits per heavy atom. The summed E-state index contributed by atoms with van der Waals surface area (Å²) < 4.78 is 5.16. The standard InChI is InChI=1S/C26H21NO/c1-28-26-19-22(14-15-27-26)9-5-8-21-10-12-24-13-11-23(18-25(24)17-21)16-20-6-3-2-4-7-20/h2-4,6-7,10-15,17-19H,9,16H2,1H3. The van der Waals surface area contributed by atoms with Gasteiger partial charge in [-0.3, -0.25) is 0 Å². The molecule has 1 aromatic heterocycles. The van der Waals surface area contributed by atoms with Gasteiger partial charge >= 0.3 is 0 Å². The lowest BCUT2D eigenvalue weighted by Gasteiger charge is -2.05. The van der Waals surface area contributed by atoms with E-state index in [9.17, 15) is 0 Å². The van der Waals surface area contributed by atoms with E-state index in [0.717, 1.165) is 17.5 Å². The van der Waals surface area contributed by atoms with Crippen LogP contribution >= 0.6 is 0 Å². The van der Waals surface area contributed by atoms with Crippen molar-refractivity contribution in [2.45, 2.75) is 12.8 Å². The Bertz CT molecular complexity index is 1150. The van der Waals surface area contributed by atoms with Gasteiger partial charge in [0.2, 0.25) is 5.88 Å². The Morgan fingerprint density at radius 1 is 0.786 bits per heavy atom. The predicted molar refractivity (Wildman–Crippen MR) is 115 cm³/mol. The zero-order valence-electron chi connectivity index (χ0n) is 15.9. The van der Waals surface area contributed by atoms with Gasteiger partial charge in [-0.15, -0.1) is 0 Å². The molecular weight excluding hydrogens is 342 g/mol. The zero-order chi connectivity index (χ0) is 19.2. The predicted octanol–water partition coefficient (Wildman–Crippen LogP) is 5.43. The van der Waals surface area contributed by atoms with Crippen molar-refractivity contribution in [3.05, 3.63) is 107 Å². The van der Waals surface area contributed by atoms with Crippen molar-refractivity contribution in [1.82, 2.24) is 4.98 Å². The number of pyridine rings is 1. The molecule has 0 fully saturated rings. The van der Waals surface area contributed by atoms with E-state index in [0.29, 0.717) is 12.3 Å². The Balaban J connectivity index is 1.53. The van der Waals surface area contributed by atoms with Crippen LogP contribution in [0, 0.1) is 11.8 Å². The van der Waals surface area contributed by atoms with Gasteiger partial charge in [-0.1, -0.05) is 66.4 Å². The monoisotopic (exact) mass is 363 g/mol. The van der Waals surface area contributed by atoms with Crippen LogP contribution in [0.2, 0.25) is 0 Å². The van der Waals surface area contributed by atoms with Crippen LogP contribution in [0.4, 0.5) is 0 Å². The van der Waals surface area contributed by atoms with Gasteiger partial charge in [0.15, 0.2) is 0 Å². The van der Waals surface area contributed by atoms with Gasteiger partial charge in [0.05, 0.1) is 7.11 Å². The summed E-state index contributed by atoms with van der Waals surface area (Å²) in [5, 5.41) is 2.46. The fourth-order valence-electron chi connectivity index (χ4n) is 3.24. The highest BCUT2D eigenvalue weighted by atomic mass is 16.5. The van der Waals surface area contributed by atoms with Gasteiger partial charge in [-0.2, -0.15) is 0 Å². The minimum Gasteiger partial charge on any atom is -0.481 e. The number of fused-ring (bicyclic) bond motifs is 1. The van der Waals surface area contributed by atoms with E-state index in [2.05, 4.69) is 83.6 Å². The van der Waals surface area contributed by atoms with E-state index in [1.165, 1.54) is 21.9 Å². The van der Waals surface area contributed by atoms with Crippen LogP contribution in [0.1, 0.15) is 22.3 Å². The van der Waals surface area contributed by atoms with Crippen molar-refractivity contribution in [3.63, 3.8) is 0 Å². The summed E-state index contributed by atoms with van der Waals surface area (Å²) in [6, 6.07) is 27.5. The molecule has 0 aliphatic heterocycles. The Kier molecular flexibility index (Phi) is 5.36. The molecule has 0 bridgehead atoms. The molecule has 0 atom stereocenters. The second kappa shape index (κ2) is 8.41. The molecule has 0 unspecified atom stereocenters. The third kappa shape index (κ3) is 4.39. The average molecular weight is 363 g/mol. The van der Waals surface area contributed by atoms with E-state index in [4.69, 9.17) is 4.74 Å². The van der Waals surface area contributed by atoms with Crippen molar-refractivity contribution < 1.29 is 4.74 Å². The van der Waals surface area contributed by atoms with Gasteiger partial charge < -0.3 is 4.74 Å². The van der Waals surface area contributed by atoms with E-state index >= 15 is 0 Å². The number of hydrogen-bond acceptors (Lipinski definition) is 2. The fraction of sp³-hybridized carbons (Fsp3) is 0.115. The molecule has 2 nitrogen and oxygen atoms in total. The first-order valence-electron chi connectivity index (χ1n) is 9.34. The van der Waals surface area contributed by atoms with Gasteiger partial charge in [-0.25, -0.2) is 4.98 Å². The first-order chi connectivity index (χ1) is 13.8. The molecule has 0 aliphatic carbocycles. The van der Waals surface area contributed by atoms with Crippen LogP contribution in [0.5, 0.6) is 5.88 Å². The summed E-state index contributed by atoms with van der Waals surface area (Å²) in [4.78, 5) is 4.13. The molecule has 1 heterocycles. The van der Waals surface area contributed by atoms with Crippen molar-refractivity contribution in [2.75, 3.05) is 7.11 Å². The second-order valence-electron chi connectivity index (χ2n) is 6.74. The maximum Gasteiger partial charge on any atom is 0.213 e. The Hall–Kier alpha value is -3.57. The fourth-order valence-corrected chi connectivity index (χ4v) is 3.24. The number of ether oxygens (including phenoxy) is 1. The molecule has 3 aromatic carbocycles. The van der Waals surface area contributed by atoms with E-state index < -0.39 is 0 Å². The van der Waals surface area contributed by atoms with Gasteiger partial charge in [0, 0.05) is 24.2 Å². The van der Waals surface area contributed by atoms with Crippen molar-refractivity contribution >= 4 is 10.8 Å². The van der Waals surface area contributed by atoms with E-state index in [1.807, 2.05) is 12.1 Å². The van der Waals surface area contributed by atoms with Crippen LogP contribution in [0.25, 0.3) is 10.8 Å². The van der Waals surface area contributed by atoms with Crippen LogP contribution in [-0.2, 0) is 12.8 Å². The quantitative estimate of drug-likeness (QED) is 0.451. The van der Waals surface area contributed by atoms with Crippen LogP contribution in [0.15, 0.2) is 85.1 Å². The molecule has 4 rings (SSSR count). The van der Waals surface area contributed by atoms with Gasteiger partial charge in [-0.05, 0) is 52.1 Å². The molecular formula is C26H21NO. The molecule has 28 heavy (non-hydrogen) atoms. The van der Waals surface area contributed by atoms with Crippen LogP contribution < -0.4 is 4.74 Å². The molecule has 2 heteroatoms. The highest BCUT2D eigenvalue weighted by Crippen LogP contribution is 2.20. The second-order valence-corrected chi connectivity index (χ2v) is 6.74. The normalized spacial score (nSPS) is 10.3. The molecule has 0 saturated heterocycles. The van der Waals surface area contributed by atoms with Crippen molar-refractivity contribution in [2.24, 2.45) is 0 Å². The lowest BCUT2D eigenvalue weighted by Crippen LogP contribution is -1.89. The summed E-state index contributed by atoms with van der Waals surface area (Å²) in [6.07, 6.45) is 3.36. The minimum absolute atomic E-state index is 0.621. The van der Waals surface area contributed by atoms with Crippen LogP contribution in [0.3, 0.4) is 0 Å². The molecule has 4 aromatic rings. The molecule has 0 amide bonds. The summed E-state index contributed by atoms with van der Waals surface area (Å²) in [5.74, 6) is 7.16. The molecule has 0 spiro atoms. The third-order valence-electron chi connectivity index (χ3n) is 4.69. The number of aromatic nitrogens is 1. The minimum atomic E-state index is 0.621. The molecule has 0 saturated carbocycles. The average Bonchev–Trinajstić information content (AvgIpc) is 2.74. The summed E-state index contributed by atoms with van der Waals surface area (Å²) in [6.45, 7) is 0. The van der Waals surface area contributed by atoms with E-state index in [1.54, 1.807) is 13.3 Å². The largest absolute Gasteiger partial charge is 0.481 e. The van der Waals surface area contributed by atoms with E-state index in [-0.39, 0.29) is 0 Å². The molecule has 0 aliphatic rings. The van der Waals surface area contributed by atoms with Crippen LogP contribution in [-0.4, -0.2) is 12.1 Å². The molecule has 136 valence electrons. The zero-order valence-corrected chi connectivity index (χ0v) is 15.9. The highest BCUT2D eigenvalue weighted by molar-refractivity contribution is 5.84. The first-order valence-corrected chi connectivity index (χ1v) is 9.34. The van der Waals surface area contributed by atoms with Crippen molar-refractivity contribution in [3.8, 4) is 17.7 Å². The van der Waals surface area contributed by atoms with Crippen molar-refractivity contribution in [1.29, 1.82) is 0 Å². The summed E-state index contributed by atoms with van der Waals surface area (Å²) >= 11 is 0. The number of benzene rings is 3. The summed E-state index contributed by atoms with van der Waals surface area (Å²) in [7, 11) is 1.62. The number of nitrogens with zero attached hydrogens (tertiary/aromatic N) is 1. The Morgan fingerprint density at radius 3 is 2.50 bits per heavy atom. The molecule has 0 N–H and O–H groups in total. The highest BCUT2D eigenvalue weighted by Gasteiger charge is 2.00. The third-order valence-corrected chi connectivity index (χ3v) is 4.69. The Labute approximate surface area is 165 Å². The lowest BCUT2D eigenvalue weighted by atomic mass is 10.00. The van der Waals surface area contributed by atoms with Gasteiger partial charge in [0.25, 0.3) is 0 Å². The SMILES string of the molecule is COc1cc(CC#Cc2ccc3ccc(Cc4ccccc4)cc3c2)ccn1. The van der Waals surface area contributed by atoms with Gasteiger partial charge in [0.1, 0.15) is 0 Å². The maximum absolute atomic E-state index is 5.16. The topological polar surface area (TPSA) is 22.1 Å². The number of rotatable bonds is 4. The maximum atomic E-state index is 5.16. The first kappa shape index (κ1) is 17.8. The smallest absolute Gasteiger partial charge is 0.213 e. The number of hydrogen-bond donors (Lipinski definition) is 0. The summed E-state index contributed by atoms with van der Waals surface area (Å²) in [5.41, 5.74) is 4.77. The molecule has 0 radical (unpaired) electrons. The lowest BCUT2D eigenvalue weighted by molar-refractivity contribution is 0.397.